The molecule has 0 spiro atoms. The van der Waals surface area contributed by atoms with Crippen LogP contribution >= 0.6 is 0 Å². The van der Waals surface area contributed by atoms with Crippen LogP contribution < -0.4 is 14.8 Å². The molecule has 0 fully saturated rings. The zero-order chi connectivity index (χ0) is 14.5. The van der Waals surface area contributed by atoms with Crippen molar-refractivity contribution < 1.29 is 19.4 Å². The van der Waals surface area contributed by atoms with Gasteiger partial charge in [-0.1, -0.05) is 13.0 Å². The summed E-state index contributed by atoms with van der Waals surface area (Å²) in [7, 11) is 3.12. The molecule has 5 nitrogen and oxygen atoms in total. The summed E-state index contributed by atoms with van der Waals surface area (Å²) in [6.45, 7) is 4.15. The minimum atomic E-state index is -0.992. The molecule has 5 heteroatoms. The van der Waals surface area contributed by atoms with Gasteiger partial charge in [0, 0.05) is 6.42 Å². The quantitative estimate of drug-likeness (QED) is 0.787. The summed E-state index contributed by atoms with van der Waals surface area (Å²) in [5, 5.41) is 12.3. The van der Waals surface area contributed by atoms with Gasteiger partial charge in [0.25, 0.3) is 0 Å². The lowest BCUT2D eigenvalue weighted by Gasteiger charge is -2.26. The van der Waals surface area contributed by atoms with E-state index in [0.29, 0.717) is 24.5 Å². The Morgan fingerprint density at radius 2 is 1.95 bits per heavy atom. The van der Waals surface area contributed by atoms with Crippen molar-refractivity contribution in [2.24, 2.45) is 0 Å². The predicted molar refractivity (Wildman–Crippen MR) is 73.0 cm³/mol. The Kier molecular flexibility index (Phi) is 5.18. The van der Waals surface area contributed by atoms with Crippen LogP contribution in [0.25, 0.3) is 0 Å². The highest BCUT2D eigenvalue weighted by Gasteiger charge is 2.32. The molecular formula is C14H21NO4. The number of aliphatic carboxylic acids is 1. The number of rotatable bonds is 7. The Morgan fingerprint density at radius 1 is 1.32 bits per heavy atom. The normalized spacial score (nSPS) is 13.7. The molecule has 0 saturated heterocycles. The molecule has 2 N–H and O–H groups in total. The number of carboxylic acid groups (broad SMARTS) is 1. The smallest absolute Gasteiger partial charge is 0.323 e. The number of likely N-dealkylation sites (N-methyl/N-ethyl adjacent to an activating group) is 1. The summed E-state index contributed by atoms with van der Waals surface area (Å²) in [5.41, 5.74) is -0.113. The molecule has 0 aromatic heterocycles. The summed E-state index contributed by atoms with van der Waals surface area (Å²) in [6.07, 6.45) is 0.372. The van der Waals surface area contributed by atoms with Crippen LogP contribution in [0, 0.1) is 0 Å². The molecule has 1 aromatic carbocycles. The number of methoxy groups -OCH3 is 2. The molecule has 1 aromatic rings. The highest BCUT2D eigenvalue weighted by atomic mass is 16.5. The van der Waals surface area contributed by atoms with Crippen molar-refractivity contribution in [3.8, 4) is 11.5 Å². The van der Waals surface area contributed by atoms with E-state index in [1.165, 1.54) is 0 Å². The fourth-order valence-corrected chi connectivity index (χ4v) is 2.00. The summed E-state index contributed by atoms with van der Waals surface area (Å²) >= 11 is 0. The fourth-order valence-electron chi connectivity index (χ4n) is 2.00. The van der Waals surface area contributed by atoms with Gasteiger partial charge in [0.15, 0.2) is 11.5 Å². The first kappa shape index (κ1) is 15.3. The van der Waals surface area contributed by atoms with Gasteiger partial charge in [-0.25, -0.2) is 0 Å². The molecule has 1 atom stereocenters. The maximum atomic E-state index is 11.4. The summed E-state index contributed by atoms with van der Waals surface area (Å²) in [6, 6.07) is 5.43. The van der Waals surface area contributed by atoms with Crippen LogP contribution in [-0.2, 0) is 11.2 Å². The molecule has 0 radical (unpaired) electrons. The van der Waals surface area contributed by atoms with E-state index in [1.807, 2.05) is 13.0 Å². The van der Waals surface area contributed by atoms with Crippen molar-refractivity contribution in [1.82, 2.24) is 5.32 Å². The molecule has 1 rings (SSSR count). The van der Waals surface area contributed by atoms with E-state index in [9.17, 15) is 9.90 Å². The van der Waals surface area contributed by atoms with Gasteiger partial charge < -0.3 is 19.9 Å². The van der Waals surface area contributed by atoms with Crippen molar-refractivity contribution in [2.75, 3.05) is 20.8 Å². The first-order chi connectivity index (χ1) is 8.96. The number of benzene rings is 1. The number of hydrogen-bond acceptors (Lipinski definition) is 4. The van der Waals surface area contributed by atoms with E-state index in [2.05, 4.69) is 5.32 Å². The van der Waals surface area contributed by atoms with Crippen LogP contribution in [-0.4, -0.2) is 37.4 Å². The van der Waals surface area contributed by atoms with E-state index in [0.717, 1.165) is 5.56 Å². The second-order valence-corrected chi connectivity index (χ2v) is 4.53. The first-order valence-electron chi connectivity index (χ1n) is 6.16. The lowest BCUT2D eigenvalue weighted by atomic mass is 9.92. The molecule has 0 bridgehead atoms. The van der Waals surface area contributed by atoms with Crippen LogP contribution in [0.4, 0.5) is 0 Å². The Balaban J connectivity index is 3.00. The van der Waals surface area contributed by atoms with Crippen molar-refractivity contribution in [3.05, 3.63) is 23.8 Å². The maximum absolute atomic E-state index is 11.4. The maximum Gasteiger partial charge on any atom is 0.323 e. The number of carboxylic acids is 1. The lowest BCUT2D eigenvalue weighted by molar-refractivity contribution is -0.144. The number of carbonyl (C=O) groups is 1. The van der Waals surface area contributed by atoms with Crippen LogP contribution in [0.5, 0.6) is 11.5 Å². The highest BCUT2D eigenvalue weighted by Crippen LogP contribution is 2.29. The van der Waals surface area contributed by atoms with Gasteiger partial charge in [-0.3, -0.25) is 4.79 Å². The minimum absolute atomic E-state index is 0.372. The van der Waals surface area contributed by atoms with Gasteiger partial charge in [0.05, 0.1) is 14.2 Å². The third-order valence-electron chi connectivity index (χ3n) is 3.04. The van der Waals surface area contributed by atoms with Crippen molar-refractivity contribution in [1.29, 1.82) is 0 Å². The third-order valence-corrected chi connectivity index (χ3v) is 3.04. The number of ether oxygens (including phenoxy) is 2. The monoisotopic (exact) mass is 267 g/mol. The van der Waals surface area contributed by atoms with Gasteiger partial charge in [-0.2, -0.15) is 0 Å². The molecule has 0 aliphatic carbocycles. The Morgan fingerprint density at radius 3 is 2.42 bits per heavy atom. The Labute approximate surface area is 113 Å². The lowest BCUT2D eigenvalue weighted by Crippen LogP contribution is -2.51. The van der Waals surface area contributed by atoms with Gasteiger partial charge in [0.1, 0.15) is 5.54 Å². The molecular weight excluding hydrogens is 246 g/mol. The summed E-state index contributed by atoms with van der Waals surface area (Å²) in [4.78, 5) is 11.4. The molecule has 0 amide bonds. The van der Waals surface area contributed by atoms with E-state index in [4.69, 9.17) is 9.47 Å². The third kappa shape index (κ3) is 3.61. The molecule has 106 valence electrons. The molecule has 0 aliphatic heterocycles. The second-order valence-electron chi connectivity index (χ2n) is 4.53. The molecule has 0 heterocycles. The SMILES string of the molecule is CCNC(C)(Cc1ccc(OC)c(OC)c1)C(=O)O. The standard InChI is InChI=1S/C14H21NO4/c1-5-15-14(2,13(16)17)9-10-6-7-11(18-3)12(8-10)19-4/h6-8,15H,5,9H2,1-4H3,(H,16,17). The van der Waals surface area contributed by atoms with Crippen molar-refractivity contribution in [3.63, 3.8) is 0 Å². The van der Waals surface area contributed by atoms with Crippen molar-refractivity contribution in [2.45, 2.75) is 25.8 Å². The minimum Gasteiger partial charge on any atom is -0.493 e. The largest absolute Gasteiger partial charge is 0.493 e. The second kappa shape index (κ2) is 6.43. The average Bonchev–Trinajstić information content (AvgIpc) is 2.38. The number of hydrogen-bond donors (Lipinski definition) is 2. The van der Waals surface area contributed by atoms with E-state index < -0.39 is 11.5 Å². The van der Waals surface area contributed by atoms with Gasteiger partial charge >= 0.3 is 5.97 Å². The first-order valence-corrected chi connectivity index (χ1v) is 6.16. The average molecular weight is 267 g/mol. The van der Waals surface area contributed by atoms with Gasteiger partial charge in [-0.05, 0) is 31.2 Å². The van der Waals surface area contributed by atoms with Gasteiger partial charge in [0.2, 0.25) is 0 Å². The number of nitrogens with one attached hydrogen (secondary N) is 1. The predicted octanol–water partition coefficient (Wildman–Crippen LogP) is 1.70. The topological polar surface area (TPSA) is 67.8 Å². The van der Waals surface area contributed by atoms with E-state index >= 15 is 0 Å². The van der Waals surface area contributed by atoms with E-state index in [-0.39, 0.29) is 0 Å². The van der Waals surface area contributed by atoms with E-state index in [1.54, 1.807) is 33.3 Å². The zero-order valence-corrected chi connectivity index (χ0v) is 11.8. The Bertz CT molecular complexity index is 447. The van der Waals surface area contributed by atoms with Crippen LogP contribution in [0.3, 0.4) is 0 Å². The summed E-state index contributed by atoms with van der Waals surface area (Å²) < 4.78 is 10.4. The van der Waals surface area contributed by atoms with Crippen LogP contribution in [0.15, 0.2) is 18.2 Å². The summed E-state index contributed by atoms with van der Waals surface area (Å²) in [5.74, 6) is 0.361. The molecule has 1 unspecified atom stereocenters. The Hall–Kier alpha value is -1.75. The fraction of sp³-hybridized carbons (Fsp3) is 0.500. The molecule has 0 aliphatic rings. The van der Waals surface area contributed by atoms with Crippen molar-refractivity contribution >= 4 is 5.97 Å². The van der Waals surface area contributed by atoms with Gasteiger partial charge in [-0.15, -0.1) is 0 Å². The zero-order valence-electron chi connectivity index (χ0n) is 11.8. The molecule has 0 saturated carbocycles. The van der Waals surface area contributed by atoms with Crippen LogP contribution in [0.2, 0.25) is 0 Å². The highest BCUT2D eigenvalue weighted by molar-refractivity contribution is 5.78. The van der Waals surface area contributed by atoms with Crippen LogP contribution in [0.1, 0.15) is 19.4 Å². The molecule has 19 heavy (non-hydrogen) atoms.